The maximum atomic E-state index is 11.6. The van der Waals surface area contributed by atoms with Gasteiger partial charge in [0, 0.05) is 0 Å². The summed E-state index contributed by atoms with van der Waals surface area (Å²) in [5.41, 5.74) is -1.13. The third kappa shape index (κ3) is 6.67. The van der Waals surface area contributed by atoms with Gasteiger partial charge in [0.25, 0.3) is 0 Å². The number of carbonyl (C=O) groups is 1. The molecule has 4 nitrogen and oxygen atoms in total. The van der Waals surface area contributed by atoms with Crippen molar-refractivity contribution in [3.63, 3.8) is 0 Å². The van der Waals surface area contributed by atoms with Crippen LogP contribution in [0.1, 0.15) is 48.0 Å². The predicted octanol–water partition coefficient (Wildman–Crippen LogP) is 2.31. The van der Waals surface area contributed by atoms with Crippen molar-refractivity contribution < 1.29 is 14.6 Å². The van der Waals surface area contributed by atoms with Gasteiger partial charge in [-0.05, 0) is 40.0 Å². The minimum atomic E-state index is -0.615. The summed E-state index contributed by atoms with van der Waals surface area (Å²) in [6.45, 7) is 11.2. The van der Waals surface area contributed by atoms with E-state index in [-0.39, 0.29) is 6.61 Å². The van der Waals surface area contributed by atoms with Crippen LogP contribution in [0.25, 0.3) is 0 Å². The lowest BCUT2D eigenvalue weighted by molar-refractivity contribution is 0.0394. The number of rotatable bonds is 4. The molecule has 0 saturated heterocycles. The molecule has 16 heavy (non-hydrogen) atoms. The van der Waals surface area contributed by atoms with Crippen molar-refractivity contribution in [1.82, 2.24) is 5.32 Å². The Labute approximate surface area is 98.4 Å². The van der Waals surface area contributed by atoms with E-state index in [1.54, 1.807) is 0 Å². The zero-order valence-corrected chi connectivity index (χ0v) is 11.3. The molecular formula is C12H25NO3. The lowest BCUT2D eigenvalue weighted by Gasteiger charge is -2.31. The van der Waals surface area contributed by atoms with Gasteiger partial charge >= 0.3 is 6.09 Å². The highest BCUT2D eigenvalue weighted by Gasteiger charge is 2.28. The normalized spacial score (nSPS) is 15.8. The summed E-state index contributed by atoms with van der Waals surface area (Å²) >= 11 is 0. The first kappa shape index (κ1) is 15.2. The molecule has 4 heteroatoms. The number of carbonyl (C=O) groups excluding carboxylic acids is 1. The quantitative estimate of drug-likeness (QED) is 0.780. The Morgan fingerprint density at radius 1 is 1.31 bits per heavy atom. The molecule has 0 unspecified atom stereocenters. The highest BCUT2D eigenvalue weighted by atomic mass is 16.6. The van der Waals surface area contributed by atoms with Crippen molar-refractivity contribution in [2.24, 2.45) is 5.92 Å². The number of amides is 1. The van der Waals surface area contributed by atoms with Crippen LogP contribution in [0.15, 0.2) is 0 Å². The molecule has 96 valence electrons. The summed E-state index contributed by atoms with van der Waals surface area (Å²) < 4.78 is 5.16. The highest BCUT2D eigenvalue weighted by molar-refractivity contribution is 5.68. The summed E-state index contributed by atoms with van der Waals surface area (Å²) in [7, 11) is 0. The minimum Gasteiger partial charge on any atom is -0.444 e. The average Bonchev–Trinajstić information content (AvgIpc) is 1.98. The number of hydrogen-bond acceptors (Lipinski definition) is 3. The van der Waals surface area contributed by atoms with Crippen molar-refractivity contribution in [2.45, 2.75) is 59.1 Å². The van der Waals surface area contributed by atoms with E-state index in [1.165, 1.54) is 0 Å². The van der Waals surface area contributed by atoms with Gasteiger partial charge in [-0.2, -0.15) is 0 Å². The summed E-state index contributed by atoms with van der Waals surface area (Å²) in [6.07, 6.45) is 0.229. The Hall–Kier alpha value is -0.770. The van der Waals surface area contributed by atoms with Gasteiger partial charge < -0.3 is 15.2 Å². The van der Waals surface area contributed by atoms with Gasteiger partial charge in [0.15, 0.2) is 0 Å². The second-order valence-corrected chi connectivity index (χ2v) is 5.94. The maximum absolute atomic E-state index is 11.6. The Kier molecular flexibility index (Phi) is 5.26. The third-order valence-electron chi connectivity index (χ3n) is 2.01. The van der Waals surface area contributed by atoms with Crippen LogP contribution in [-0.2, 0) is 4.74 Å². The molecule has 1 atom stereocenters. The average molecular weight is 231 g/mol. The van der Waals surface area contributed by atoms with E-state index in [9.17, 15) is 9.90 Å². The Morgan fingerprint density at radius 2 is 1.81 bits per heavy atom. The van der Waals surface area contributed by atoms with Crippen molar-refractivity contribution in [3.05, 3.63) is 0 Å². The lowest BCUT2D eigenvalue weighted by Crippen LogP contribution is -2.51. The van der Waals surface area contributed by atoms with Gasteiger partial charge in [0.2, 0.25) is 0 Å². The molecule has 0 saturated carbocycles. The summed E-state index contributed by atoms with van der Waals surface area (Å²) in [5, 5.41) is 12.0. The van der Waals surface area contributed by atoms with E-state index in [1.807, 2.05) is 41.5 Å². The summed E-state index contributed by atoms with van der Waals surface area (Å²) in [4.78, 5) is 11.6. The van der Waals surface area contributed by atoms with Crippen LogP contribution >= 0.6 is 0 Å². The fourth-order valence-corrected chi connectivity index (χ4v) is 1.61. The first-order valence-electron chi connectivity index (χ1n) is 5.70. The van der Waals surface area contributed by atoms with E-state index in [2.05, 4.69) is 5.32 Å². The monoisotopic (exact) mass is 231 g/mol. The van der Waals surface area contributed by atoms with E-state index in [0.717, 1.165) is 0 Å². The van der Waals surface area contributed by atoms with Crippen LogP contribution < -0.4 is 5.32 Å². The SMILES string of the molecule is CC(C)C[C@@](C)(CO)NC(=O)OC(C)(C)C. The smallest absolute Gasteiger partial charge is 0.408 e. The van der Waals surface area contributed by atoms with E-state index in [4.69, 9.17) is 4.74 Å². The molecule has 0 heterocycles. The molecule has 0 aliphatic rings. The van der Waals surface area contributed by atoms with Crippen LogP contribution in [0.5, 0.6) is 0 Å². The molecule has 0 aromatic rings. The molecule has 0 aromatic heterocycles. The van der Waals surface area contributed by atoms with Crippen LogP contribution in [0.4, 0.5) is 4.79 Å². The largest absolute Gasteiger partial charge is 0.444 e. The number of aliphatic hydroxyl groups excluding tert-OH is 1. The Balaban J connectivity index is 4.37. The fraction of sp³-hybridized carbons (Fsp3) is 0.917. The number of nitrogens with one attached hydrogen (secondary N) is 1. The van der Waals surface area contributed by atoms with Gasteiger partial charge in [-0.15, -0.1) is 0 Å². The predicted molar refractivity (Wildman–Crippen MR) is 64.3 cm³/mol. The number of ether oxygens (including phenoxy) is 1. The van der Waals surface area contributed by atoms with Crippen LogP contribution in [-0.4, -0.2) is 28.9 Å². The molecule has 0 radical (unpaired) electrons. The molecular weight excluding hydrogens is 206 g/mol. The first-order valence-corrected chi connectivity index (χ1v) is 5.70. The molecule has 0 bridgehead atoms. The lowest BCUT2D eigenvalue weighted by atomic mass is 9.92. The van der Waals surface area contributed by atoms with Gasteiger partial charge in [-0.3, -0.25) is 0 Å². The number of aliphatic hydroxyl groups is 1. The van der Waals surface area contributed by atoms with Crippen molar-refractivity contribution in [3.8, 4) is 0 Å². The highest BCUT2D eigenvalue weighted by Crippen LogP contribution is 2.17. The molecule has 2 N–H and O–H groups in total. The molecule has 0 aliphatic heterocycles. The van der Waals surface area contributed by atoms with Gasteiger partial charge in [0.05, 0.1) is 12.1 Å². The minimum absolute atomic E-state index is 0.0928. The molecule has 1 amide bonds. The van der Waals surface area contributed by atoms with Crippen LogP contribution in [0.2, 0.25) is 0 Å². The number of alkyl carbamates (subject to hydrolysis) is 1. The second-order valence-electron chi connectivity index (χ2n) is 5.94. The van der Waals surface area contributed by atoms with Crippen LogP contribution in [0, 0.1) is 5.92 Å². The standard InChI is InChI=1S/C12H25NO3/c1-9(2)7-12(6,8-14)13-10(15)16-11(3,4)5/h9,14H,7-8H2,1-6H3,(H,13,15)/t12-/m0/s1. The molecule has 0 fully saturated rings. The number of hydrogen-bond donors (Lipinski definition) is 2. The Morgan fingerprint density at radius 3 is 2.12 bits per heavy atom. The van der Waals surface area contributed by atoms with Gasteiger partial charge in [-0.25, -0.2) is 4.79 Å². The first-order chi connectivity index (χ1) is 7.08. The molecule has 0 aromatic carbocycles. The maximum Gasteiger partial charge on any atom is 0.408 e. The van der Waals surface area contributed by atoms with E-state index in [0.29, 0.717) is 12.3 Å². The summed E-state index contributed by atoms with van der Waals surface area (Å²) in [6, 6.07) is 0. The second kappa shape index (κ2) is 5.53. The molecule has 0 spiro atoms. The van der Waals surface area contributed by atoms with Gasteiger partial charge in [-0.1, -0.05) is 13.8 Å². The van der Waals surface area contributed by atoms with Crippen molar-refractivity contribution in [1.29, 1.82) is 0 Å². The Bertz CT molecular complexity index is 233. The summed E-state index contributed by atoms with van der Waals surface area (Å²) in [5.74, 6) is 0.395. The third-order valence-corrected chi connectivity index (χ3v) is 2.01. The zero-order valence-electron chi connectivity index (χ0n) is 11.3. The van der Waals surface area contributed by atoms with Crippen molar-refractivity contribution >= 4 is 6.09 Å². The van der Waals surface area contributed by atoms with Crippen molar-refractivity contribution in [2.75, 3.05) is 6.61 Å². The molecule has 0 aliphatic carbocycles. The zero-order chi connectivity index (χ0) is 13.0. The molecule has 0 rings (SSSR count). The topological polar surface area (TPSA) is 58.6 Å². The van der Waals surface area contributed by atoms with E-state index >= 15 is 0 Å². The fourth-order valence-electron chi connectivity index (χ4n) is 1.61. The van der Waals surface area contributed by atoms with Crippen LogP contribution in [0.3, 0.4) is 0 Å². The van der Waals surface area contributed by atoms with E-state index < -0.39 is 17.2 Å². The van der Waals surface area contributed by atoms with Gasteiger partial charge in [0.1, 0.15) is 5.60 Å².